The molecule has 0 N–H and O–H groups in total. The van der Waals surface area contributed by atoms with Gasteiger partial charge in [0.2, 0.25) is 0 Å². The molecular formula is C37H73O8P. The van der Waals surface area contributed by atoms with Gasteiger partial charge < -0.3 is 23.4 Å². The lowest BCUT2D eigenvalue weighted by Gasteiger charge is -2.24. The molecule has 0 bridgehead atoms. The highest BCUT2D eigenvalue weighted by atomic mass is 31.2. The van der Waals surface area contributed by atoms with E-state index in [1.165, 1.54) is 128 Å². The third kappa shape index (κ3) is 34.3. The number of hydrogen-bond acceptors (Lipinski definition) is 8. The number of phosphoric acid groups is 1. The zero-order valence-electron chi connectivity index (χ0n) is 30.5. The van der Waals surface area contributed by atoms with Crippen molar-refractivity contribution in [1.29, 1.82) is 0 Å². The fraction of sp³-hybridized carbons (Fsp3) is 0.919. The van der Waals surface area contributed by atoms with Gasteiger partial charge in [0, 0.05) is 27.4 Å². The maximum absolute atomic E-state index is 12.4. The van der Waals surface area contributed by atoms with Gasteiger partial charge in [0.25, 0.3) is 7.82 Å². The Balaban J connectivity index is 0. The van der Waals surface area contributed by atoms with Gasteiger partial charge in [0.05, 0.1) is 6.61 Å². The number of ether oxygens (including phenoxy) is 2. The third-order valence-corrected chi connectivity index (χ3v) is 9.25. The Bertz CT molecular complexity index is 717. The minimum Gasteiger partial charge on any atom is -0.756 e. The van der Waals surface area contributed by atoms with Crippen molar-refractivity contribution in [2.24, 2.45) is 0 Å². The molecule has 0 spiro atoms. The number of carbonyl (C=O) groups excluding carboxylic acids is 2. The van der Waals surface area contributed by atoms with Crippen LogP contribution in [-0.2, 0) is 32.7 Å². The smallest absolute Gasteiger partial charge is 0.306 e. The second-order valence-electron chi connectivity index (χ2n) is 12.7. The second-order valence-corrected chi connectivity index (χ2v) is 14.2. The fourth-order valence-corrected chi connectivity index (χ4v) is 5.87. The zero-order valence-corrected chi connectivity index (χ0v) is 31.4. The highest BCUT2D eigenvalue weighted by Gasteiger charge is 2.20. The summed E-state index contributed by atoms with van der Waals surface area (Å²) in [6.45, 7) is 3.79. The molecule has 0 aliphatic heterocycles. The summed E-state index contributed by atoms with van der Waals surface area (Å²) in [4.78, 5) is 36.3. The first kappa shape index (κ1) is 47.0. The minimum absolute atomic E-state index is 0. The summed E-state index contributed by atoms with van der Waals surface area (Å²) >= 11 is 0. The molecule has 0 rings (SSSR count). The predicted molar refractivity (Wildman–Crippen MR) is 188 cm³/mol. The second kappa shape index (κ2) is 35.2. The van der Waals surface area contributed by atoms with Gasteiger partial charge in [-0.15, -0.1) is 0 Å². The van der Waals surface area contributed by atoms with E-state index in [0.29, 0.717) is 6.42 Å². The molecule has 0 aliphatic carbocycles. The number of hydrogen-bond donors (Lipinski definition) is 0. The number of esters is 2. The number of carbonyl (C=O) groups is 2. The van der Waals surface area contributed by atoms with Crippen LogP contribution in [0.25, 0.3) is 0 Å². The van der Waals surface area contributed by atoms with Gasteiger partial charge in [-0.3, -0.25) is 14.2 Å². The summed E-state index contributed by atoms with van der Waals surface area (Å²) in [7, 11) is -3.50. The first-order chi connectivity index (χ1) is 21.8. The standard InChI is InChI=1S/C36H71O8P.CH3/c1-4-6-8-10-12-14-16-18-20-22-24-26-28-30-35(37)42-32-34(33-43-45(39,40)41-3)44-36(38)31-29-27-25-23-21-19-17-15-13-11-9-7-5-2;/h34H,4-33H2,1-3H3,(H,39,40);1H3/q;+1/p-1/t34-;/m1./s1. The molecule has 0 aromatic carbocycles. The summed E-state index contributed by atoms with van der Waals surface area (Å²) in [5.74, 6) is -0.829. The number of phosphoric ester groups is 1. The lowest BCUT2D eigenvalue weighted by atomic mass is 10.0. The van der Waals surface area contributed by atoms with E-state index in [0.717, 1.165) is 39.2 Å². The topological polar surface area (TPSA) is 111 Å². The molecule has 2 atom stereocenters. The molecule has 0 aromatic heterocycles. The van der Waals surface area contributed by atoms with Crippen molar-refractivity contribution in [3.63, 3.8) is 0 Å². The average molecular weight is 677 g/mol. The first-order valence-corrected chi connectivity index (χ1v) is 20.2. The van der Waals surface area contributed by atoms with Gasteiger partial charge in [0.1, 0.15) is 6.61 Å². The van der Waals surface area contributed by atoms with Crippen LogP contribution < -0.4 is 4.89 Å². The summed E-state index contributed by atoms with van der Waals surface area (Å²) in [6.07, 6.45) is 31.3. The van der Waals surface area contributed by atoms with E-state index in [1.54, 1.807) is 0 Å². The predicted octanol–water partition coefficient (Wildman–Crippen LogP) is 11.0. The molecule has 274 valence electrons. The van der Waals surface area contributed by atoms with Crippen LogP contribution in [0.3, 0.4) is 0 Å². The fourth-order valence-electron chi connectivity index (χ4n) is 5.42. The van der Waals surface area contributed by atoms with Crippen molar-refractivity contribution >= 4 is 19.8 Å². The van der Waals surface area contributed by atoms with Crippen LogP contribution >= 0.6 is 7.82 Å². The summed E-state index contributed by atoms with van der Waals surface area (Å²) in [6, 6.07) is 0. The molecule has 1 unspecified atom stereocenters. The van der Waals surface area contributed by atoms with Crippen LogP contribution in [0.4, 0.5) is 0 Å². The molecule has 8 nitrogen and oxygen atoms in total. The first-order valence-electron chi connectivity index (χ1n) is 18.7. The molecule has 0 saturated heterocycles. The van der Waals surface area contributed by atoms with E-state index < -0.39 is 26.5 Å². The van der Waals surface area contributed by atoms with Gasteiger partial charge >= 0.3 is 11.9 Å². The van der Waals surface area contributed by atoms with Crippen LogP contribution in [0, 0.1) is 7.43 Å². The highest BCUT2D eigenvalue weighted by Crippen LogP contribution is 2.37. The SMILES string of the molecule is CCCCCCCCCCCCCCCC(=O)OC[C@H](COP(=O)([O-])OC)OC(=O)CCCCCCCCCCCCCCC.[CH3+]. The largest absolute Gasteiger partial charge is 0.756 e. The zero-order chi connectivity index (χ0) is 33.3. The molecule has 0 aromatic rings. The normalized spacial score (nSPS) is 13.1. The van der Waals surface area contributed by atoms with Gasteiger partial charge in [-0.05, 0) is 12.8 Å². The van der Waals surface area contributed by atoms with Crippen molar-refractivity contribution in [2.75, 3.05) is 20.3 Å². The van der Waals surface area contributed by atoms with Gasteiger partial charge in [-0.25, -0.2) is 0 Å². The molecule has 9 heteroatoms. The van der Waals surface area contributed by atoms with Crippen molar-refractivity contribution in [3.8, 4) is 0 Å². The Morgan fingerprint density at radius 1 is 0.543 bits per heavy atom. The summed E-state index contributed by atoms with van der Waals surface area (Å²) in [5, 5.41) is 0. The molecule has 0 saturated carbocycles. The lowest BCUT2D eigenvalue weighted by Crippen LogP contribution is -2.30. The molecule has 0 radical (unpaired) electrons. The van der Waals surface area contributed by atoms with E-state index in [2.05, 4.69) is 18.4 Å². The Morgan fingerprint density at radius 3 is 1.22 bits per heavy atom. The maximum Gasteiger partial charge on any atom is 0.306 e. The molecule has 0 aliphatic rings. The summed E-state index contributed by atoms with van der Waals surface area (Å²) in [5.41, 5.74) is 0. The summed E-state index contributed by atoms with van der Waals surface area (Å²) < 4.78 is 31.5. The quantitative estimate of drug-likeness (QED) is 0.0282. The van der Waals surface area contributed by atoms with Crippen LogP contribution in [0.5, 0.6) is 0 Å². The van der Waals surface area contributed by atoms with Crippen LogP contribution in [0.2, 0.25) is 0 Å². The van der Waals surface area contributed by atoms with Crippen molar-refractivity contribution in [3.05, 3.63) is 7.43 Å². The Hall–Kier alpha value is -1.08. The maximum atomic E-state index is 12.4. The molecular weight excluding hydrogens is 603 g/mol. The van der Waals surface area contributed by atoms with Crippen molar-refractivity contribution in [1.82, 2.24) is 0 Å². The van der Waals surface area contributed by atoms with Crippen LogP contribution in [-0.4, -0.2) is 38.4 Å². The number of unbranched alkanes of at least 4 members (excludes halogenated alkanes) is 24. The highest BCUT2D eigenvalue weighted by molar-refractivity contribution is 7.45. The van der Waals surface area contributed by atoms with E-state index in [-0.39, 0.29) is 32.8 Å². The van der Waals surface area contributed by atoms with Crippen LogP contribution in [0.15, 0.2) is 0 Å². The van der Waals surface area contributed by atoms with E-state index >= 15 is 0 Å². The van der Waals surface area contributed by atoms with Crippen molar-refractivity contribution < 1.29 is 37.6 Å². The van der Waals surface area contributed by atoms with Crippen LogP contribution in [0.1, 0.15) is 194 Å². The Labute approximate surface area is 284 Å². The van der Waals surface area contributed by atoms with E-state index in [4.69, 9.17) is 14.0 Å². The van der Waals surface area contributed by atoms with Gasteiger partial charge in [0.15, 0.2) is 6.10 Å². The number of rotatable bonds is 35. The van der Waals surface area contributed by atoms with Gasteiger partial charge in [-0.1, -0.05) is 168 Å². The molecule has 46 heavy (non-hydrogen) atoms. The molecule has 0 amide bonds. The molecule has 0 fully saturated rings. The monoisotopic (exact) mass is 677 g/mol. The lowest BCUT2D eigenvalue weighted by molar-refractivity contribution is -0.226. The Kier molecular flexibility index (Phi) is 36.0. The minimum atomic E-state index is -4.49. The molecule has 0 heterocycles. The average Bonchev–Trinajstić information content (AvgIpc) is 3.03. The van der Waals surface area contributed by atoms with Gasteiger partial charge in [-0.2, -0.15) is 0 Å². The van der Waals surface area contributed by atoms with E-state index in [1.807, 2.05) is 0 Å². The third-order valence-electron chi connectivity index (χ3n) is 8.34. The van der Waals surface area contributed by atoms with Crippen molar-refractivity contribution in [2.45, 2.75) is 200 Å². The Morgan fingerprint density at radius 2 is 0.870 bits per heavy atom. The van der Waals surface area contributed by atoms with E-state index in [9.17, 15) is 19.0 Å².